The number of halogens is 1. The zero-order chi connectivity index (χ0) is 11.0. The van der Waals surface area contributed by atoms with Gasteiger partial charge in [0, 0.05) is 0 Å². The number of fused-ring (bicyclic) bond motifs is 1. The fourth-order valence-electron chi connectivity index (χ4n) is 1.36. The van der Waals surface area contributed by atoms with Crippen LogP contribution in [-0.2, 0) is 11.3 Å². The van der Waals surface area contributed by atoms with Crippen molar-refractivity contribution < 1.29 is 15.0 Å². The molecular formula is C9H7BrN2O3. The van der Waals surface area contributed by atoms with E-state index in [0.717, 1.165) is 0 Å². The molecule has 5 nitrogen and oxygen atoms in total. The number of hydrogen-bond donors (Lipinski definition) is 2. The highest BCUT2D eigenvalue weighted by atomic mass is 79.9. The van der Waals surface area contributed by atoms with E-state index in [-0.39, 0.29) is 12.3 Å². The first-order valence-corrected chi connectivity index (χ1v) is 4.94. The molecule has 1 aromatic heterocycles. The van der Waals surface area contributed by atoms with E-state index >= 15 is 0 Å². The van der Waals surface area contributed by atoms with Crippen molar-refractivity contribution in [3.63, 3.8) is 0 Å². The molecule has 0 radical (unpaired) electrons. The number of hydrogen-bond acceptors (Lipinski definition) is 3. The zero-order valence-corrected chi connectivity index (χ0v) is 9.10. The van der Waals surface area contributed by atoms with Crippen LogP contribution in [0.2, 0.25) is 0 Å². The third-order valence-electron chi connectivity index (χ3n) is 1.97. The summed E-state index contributed by atoms with van der Waals surface area (Å²) in [6.07, 6.45) is 0. The molecule has 0 aliphatic carbocycles. The molecule has 0 aliphatic heterocycles. The minimum absolute atomic E-state index is 0.0796. The van der Waals surface area contributed by atoms with Crippen LogP contribution in [0.3, 0.4) is 0 Å². The Kier molecular flexibility index (Phi) is 2.36. The first-order chi connectivity index (χ1) is 7.09. The number of aromatic hydroxyl groups is 1. The number of aromatic nitrogens is 2. The summed E-state index contributed by atoms with van der Waals surface area (Å²) in [5.74, 6) is -0.904. The predicted octanol–water partition coefficient (Wildman–Crippen LogP) is 1.59. The van der Waals surface area contributed by atoms with E-state index in [0.29, 0.717) is 15.5 Å². The second-order valence-electron chi connectivity index (χ2n) is 3.01. The van der Waals surface area contributed by atoms with Crippen LogP contribution in [0.4, 0.5) is 0 Å². The topological polar surface area (TPSA) is 75.3 Å². The molecule has 0 saturated heterocycles. The summed E-state index contributed by atoms with van der Waals surface area (Å²) in [6, 6.07) is 4.89. The first kappa shape index (κ1) is 9.97. The van der Waals surface area contributed by atoms with Crippen molar-refractivity contribution in [2.75, 3.05) is 0 Å². The third kappa shape index (κ3) is 1.68. The molecule has 0 spiro atoms. The summed E-state index contributed by atoms with van der Waals surface area (Å²) in [5.41, 5.74) is 0.558. The van der Waals surface area contributed by atoms with Crippen LogP contribution >= 0.6 is 15.9 Å². The van der Waals surface area contributed by atoms with Crippen LogP contribution in [0, 0.1) is 0 Å². The number of benzene rings is 1. The Morgan fingerprint density at radius 2 is 2.27 bits per heavy atom. The van der Waals surface area contributed by atoms with Gasteiger partial charge in [-0.3, -0.25) is 4.79 Å². The highest BCUT2D eigenvalue weighted by molar-refractivity contribution is 9.10. The lowest BCUT2D eigenvalue weighted by Crippen LogP contribution is -2.09. The van der Waals surface area contributed by atoms with Gasteiger partial charge >= 0.3 is 5.97 Å². The van der Waals surface area contributed by atoms with Crippen LogP contribution in [-0.4, -0.2) is 26.0 Å². The van der Waals surface area contributed by atoms with Gasteiger partial charge in [0.05, 0.1) is 10.9 Å². The van der Waals surface area contributed by atoms with Gasteiger partial charge in [-0.1, -0.05) is 6.07 Å². The van der Waals surface area contributed by atoms with Crippen molar-refractivity contribution >= 4 is 32.8 Å². The lowest BCUT2D eigenvalue weighted by molar-refractivity contribution is -0.137. The van der Waals surface area contributed by atoms with Gasteiger partial charge in [0.1, 0.15) is 16.9 Å². The van der Waals surface area contributed by atoms with E-state index in [9.17, 15) is 9.90 Å². The minimum atomic E-state index is -0.983. The maximum atomic E-state index is 10.5. The van der Waals surface area contributed by atoms with Crippen molar-refractivity contribution in [2.45, 2.75) is 6.54 Å². The number of carbonyl (C=O) groups is 1. The van der Waals surface area contributed by atoms with Crippen LogP contribution in [0.15, 0.2) is 22.8 Å². The molecule has 6 heteroatoms. The van der Waals surface area contributed by atoms with E-state index < -0.39 is 5.97 Å². The largest absolute Gasteiger partial charge is 0.507 e. The summed E-state index contributed by atoms with van der Waals surface area (Å²) in [4.78, 5) is 10.5. The number of carboxylic acids is 1. The summed E-state index contributed by atoms with van der Waals surface area (Å²) >= 11 is 3.21. The summed E-state index contributed by atoms with van der Waals surface area (Å²) in [5, 5.41) is 22.8. The van der Waals surface area contributed by atoms with Crippen molar-refractivity contribution in [2.24, 2.45) is 0 Å². The molecule has 2 rings (SSSR count). The van der Waals surface area contributed by atoms with Crippen molar-refractivity contribution in [1.29, 1.82) is 0 Å². The summed E-state index contributed by atoms with van der Waals surface area (Å²) in [7, 11) is 0. The Bertz CT molecular complexity index is 535. The van der Waals surface area contributed by atoms with Gasteiger partial charge in [-0.2, -0.15) is 5.10 Å². The zero-order valence-electron chi connectivity index (χ0n) is 7.51. The Morgan fingerprint density at radius 1 is 1.53 bits per heavy atom. The van der Waals surface area contributed by atoms with Gasteiger partial charge in [-0.15, -0.1) is 0 Å². The second kappa shape index (κ2) is 3.54. The molecule has 0 aliphatic rings. The fourth-order valence-corrected chi connectivity index (χ4v) is 1.97. The summed E-state index contributed by atoms with van der Waals surface area (Å²) in [6.45, 7) is -0.241. The molecule has 0 unspecified atom stereocenters. The maximum absolute atomic E-state index is 10.5. The third-order valence-corrected chi connectivity index (χ3v) is 2.77. The Morgan fingerprint density at radius 3 is 2.87 bits per heavy atom. The number of phenols is 1. The van der Waals surface area contributed by atoms with Crippen LogP contribution < -0.4 is 0 Å². The SMILES string of the molecule is O=C(O)Cn1nc2cccc(O)c2c1Br. The van der Waals surface area contributed by atoms with Crippen LogP contribution in [0.1, 0.15) is 0 Å². The number of carboxylic acid groups (broad SMARTS) is 1. The van der Waals surface area contributed by atoms with Crippen LogP contribution in [0.25, 0.3) is 10.9 Å². The molecular weight excluding hydrogens is 264 g/mol. The molecule has 78 valence electrons. The average Bonchev–Trinajstić information content (AvgIpc) is 2.44. The molecule has 0 bridgehead atoms. The minimum Gasteiger partial charge on any atom is -0.507 e. The molecule has 1 heterocycles. The molecule has 0 fully saturated rings. The van der Waals surface area contributed by atoms with Crippen molar-refractivity contribution in [1.82, 2.24) is 9.78 Å². The standard InChI is InChI=1S/C9H7BrN2O3/c10-9-8-5(2-1-3-6(8)13)11-12(9)4-7(14)15/h1-3,13H,4H2,(H,14,15). The molecule has 0 saturated carbocycles. The van der Waals surface area contributed by atoms with Crippen molar-refractivity contribution in [3.8, 4) is 5.75 Å². The summed E-state index contributed by atoms with van der Waals surface area (Å²) < 4.78 is 1.75. The molecule has 15 heavy (non-hydrogen) atoms. The van der Waals surface area contributed by atoms with E-state index in [4.69, 9.17) is 5.11 Å². The Labute approximate surface area is 93.1 Å². The monoisotopic (exact) mass is 270 g/mol. The van der Waals surface area contributed by atoms with E-state index in [1.807, 2.05) is 0 Å². The Balaban J connectivity index is 2.64. The van der Waals surface area contributed by atoms with Gasteiger partial charge in [-0.05, 0) is 28.1 Å². The number of phenolic OH excluding ortho intramolecular Hbond substituents is 1. The molecule has 1 aromatic carbocycles. The van der Waals surface area contributed by atoms with E-state index in [1.54, 1.807) is 12.1 Å². The fraction of sp³-hybridized carbons (Fsp3) is 0.111. The number of rotatable bonds is 2. The van der Waals surface area contributed by atoms with Gasteiger partial charge in [0.2, 0.25) is 0 Å². The van der Waals surface area contributed by atoms with Gasteiger partial charge in [-0.25, -0.2) is 4.68 Å². The molecule has 0 amide bonds. The quantitative estimate of drug-likeness (QED) is 0.869. The van der Waals surface area contributed by atoms with E-state index in [1.165, 1.54) is 10.7 Å². The normalized spacial score (nSPS) is 10.7. The average molecular weight is 271 g/mol. The predicted molar refractivity (Wildman–Crippen MR) is 56.7 cm³/mol. The molecule has 2 N–H and O–H groups in total. The highest BCUT2D eigenvalue weighted by Crippen LogP contribution is 2.31. The van der Waals surface area contributed by atoms with E-state index in [2.05, 4.69) is 21.0 Å². The lowest BCUT2D eigenvalue weighted by atomic mass is 10.2. The maximum Gasteiger partial charge on any atom is 0.325 e. The highest BCUT2D eigenvalue weighted by Gasteiger charge is 2.13. The van der Waals surface area contributed by atoms with Gasteiger partial charge in [0.15, 0.2) is 0 Å². The lowest BCUT2D eigenvalue weighted by Gasteiger charge is -1.97. The second-order valence-corrected chi connectivity index (χ2v) is 3.76. The smallest absolute Gasteiger partial charge is 0.325 e. The van der Waals surface area contributed by atoms with Crippen LogP contribution in [0.5, 0.6) is 5.75 Å². The number of nitrogens with zero attached hydrogens (tertiary/aromatic N) is 2. The molecule has 2 aromatic rings. The Hall–Kier alpha value is -1.56. The van der Waals surface area contributed by atoms with Crippen molar-refractivity contribution in [3.05, 3.63) is 22.8 Å². The first-order valence-electron chi connectivity index (χ1n) is 4.15. The van der Waals surface area contributed by atoms with Gasteiger partial charge in [0.25, 0.3) is 0 Å². The number of aliphatic carboxylic acids is 1. The van der Waals surface area contributed by atoms with Gasteiger partial charge < -0.3 is 10.2 Å². The molecule has 0 atom stereocenters.